The van der Waals surface area contributed by atoms with Crippen LogP contribution in [-0.2, 0) is 10.8 Å². The van der Waals surface area contributed by atoms with Gasteiger partial charge in [0.15, 0.2) is 0 Å². The first-order valence-corrected chi connectivity index (χ1v) is 16.5. The topological polar surface area (TPSA) is 0 Å². The van der Waals surface area contributed by atoms with Gasteiger partial charge in [0.2, 0.25) is 0 Å². The zero-order valence-electron chi connectivity index (χ0n) is 26.7. The second-order valence-electron chi connectivity index (χ2n) is 14.5. The second kappa shape index (κ2) is 8.74. The van der Waals surface area contributed by atoms with Gasteiger partial charge in [0.25, 0.3) is 0 Å². The van der Waals surface area contributed by atoms with E-state index in [0.717, 1.165) is 0 Å². The summed E-state index contributed by atoms with van der Waals surface area (Å²) in [5, 5.41) is 2.72. The van der Waals surface area contributed by atoms with Crippen LogP contribution in [0.15, 0.2) is 133 Å². The molecular weight excluding hydrogens is 553 g/mol. The molecule has 218 valence electrons. The van der Waals surface area contributed by atoms with E-state index in [9.17, 15) is 0 Å². The molecule has 0 fully saturated rings. The summed E-state index contributed by atoms with van der Waals surface area (Å²) in [6, 6.07) is 50.6. The zero-order valence-corrected chi connectivity index (χ0v) is 26.7. The number of rotatable bonds is 2. The highest BCUT2D eigenvalue weighted by molar-refractivity contribution is 6.18. The number of hydrogen-bond acceptors (Lipinski definition) is 0. The second-order valence-corrected chi connectivity index (χ2v) is 14.5. The van der Waals surface area contributed by atoms with Crippen LogP contribution < -0.4 is 0 Å². The van der Waals surface area contributed by atoms with Gasteiger partial charge in [0.05, 0.1) is 0 Å². The zero-order chi connectivity index (χ0) is 30.9. The smallest absolute Gasteiger partial charge is 0.0159 e. The molecule has 0 saturated carbocycles. The van der Waals surface area contributed by atoms with Gasteiger partial charge in [-0.1, -0.05) is 143 Å². The van der Waals surface area contributed by atoms with E-state index in [1.165, 1.54) is 99.8 Å². The Morgan fingerprint density at radius 1 is 0.304 bits per heavy atom. The monoisotopic (exact) mass is 586 g/mol. The fraction of sp³-hybridized carbons (Fsp3) is 0.130. The van der Waals surface area contributed by atoms with E-state index in [4.69, 9.17) is 0 Å². The third-order valence-electron chi connectivity index (χ3n) is 11.5. The van der Waals surface area contributed by atoms with Gasteiger partial charge in [0.1, 0.15) is 0 Å². The molecule has 46 heavy (non-hydrogen) atoms. The summed E-state index contributed by atoms with van der Waals surface area (Å²) < 4.78 is 0. The first-order chi connectivity index (χ1) is 22.3. The largest absolute Gasteiger partial charge is 0.0619 e. The average molecular weight is 587 g/mol. The van der Waals surface area contributed by atoms with E-state index in [2.05, 4.69) is 161 Å². The normalized spacial score (nSPS) is 15.3. The molecule has 7 aromatic carbocycles. The molecule has 0 radical (unpaired) electrons. The minimum Gasteiger partial charge on any atom is -0.0619 e. The van der Waals surface area contributed by atoms with Crippen molar-refractivity contribution in [1.82, 2.24) is 0 Å². The molecule has 0 spiro atoms. The van der Waals surface area contributed by atoms with Crippen molar-refractivity contribution >= 4 is 10.8 Å². The summed E-state index contributed by atoms with van der Waals surface area (Å²) in [5.41, 5.74) is 21.6. The summed E-state index contributed by atoms with van der Waals surface area (Å²) in [7, 11) is 0. The average Bonchev–Trinajstić information content (AvgIpc) is 3.62. The fourth-order valence-electron chi connectivity index (χ4n) is 9.03. The summed E-state index contributed by atoms with van der Waals surface area (Å²) in [6.45, 7) is 9.53. The van der Waals surface area contributed by atoms with Gasteiger partial charge in [-0.3, -0.25) is 0 Å². The van der Waals surface area contributed by atoms with Gasteiger partial charge in [0, 0.05) is 10.8 Å². The van der Waals surface area contributed by atoms with Crippen molar-refractivity contribution in [2.24, 2.45) is 0 Å². The SMILES string of the molecule is CC1(C)c2ccccc2-c2ccc(-c3ccc4c(c3)C(C)(C)c3cc(-c5ccc6c7c(cccc57)-c5ccccc5-6)ccc3-4)cc21. The number of fused-ring (bicyclic) bond motifs is 9. The fourth-order valence-corrected chi connectivity index (χ4v) is 9.03. The summed E-state index contributed by atoms with van der Waals surface area (Å²) in [6.07, 6.45) is 0. The van der Waals surface area contributed by atoms with Gasteiger partial charge >= 0.3 is 0 Å². The van der Waals surface area contributed by atoms with Gasteiger partial charge in [-0.15, -0.1) is 0 Å². The Kier molecular flexibility index (Phi) is 4.95. The Morgan fingerprint density at radius 2 is 0.717 bits per heavy atom. The van der Waals surface area contributed by atoms with E-state index in [-0.39, 0.29) is 10.8 Å². The van der Waals surface area contributed by atoms with Crippen LogP contribution in [0.25, 0.3) is 77.5 Å². The predicted octanol–water partition coefficient (Wildman–Crippen LogP) is 12.4. The maximum atomic E-state index is 2.47. The molecule has 0 heteroatoms. The molecule has 0 amide bonds. The minimum atomic E-state index is -0.103. The molecule has 0 aliphatic heterocycles. The van der Waals surface area contributed by atoms with E-state index in [1.54, 1.807) is 0 Å². The maximum Gasteiger partial charge on any atom is 0.0159 e. The van der Waals surface area contributed by atoms with Crippen LogP contribution >= 0.6 is 0 Å². The molecule has 7 aromatic rings. The van der Waals surface area contributed by atoms with Crippen LogP contribution in [0.1, 0.15) is 49.9 Å². The molecule has 0 heterocycles. The van der Waals surface area contributed by atoms with Gasteiger partial charge < -0.3 is 0 Å². The van der Waals surface area contributed by atoms with Crippen molar-refractivity contribution in [2.75, 3.05) is 0 Å². The maximum absolute atomic E-state index is 2.47. The Hall–Kier alpha value is -5.20. The highest BCUT2D eigenvalue weighted by atomic mass is 14.4. The van der Waals surface area contributed by atoms with Crippen LogP contribution in [0, 0.1) is 0 Å². The molecule has 0 aromatic heterocycles. The summed E-state index contributed by atoms with van der Waals surface area (Å²) in [4.78, 5) is 0. The molecule has 0 atom stereocenters. The van der Waals surface area contributed by atoms with Crippen LogP contribution in [0.5, 0.6) is 0 Å². The van der Waals surface area contributed by atoms with E-state index in [1.807, 2.05) is 0 Å². The Morgan fingerprint density at radius 3 is 1.35 bits per heavy atom. The summed E-state index contributed by atoms with van der Waals surface area (Å²) in [5.74, 6) is 0. The number of hydrogen-bond donors (Lipinski definition) is 0. The molecule has 0 N–H and O–H groups in total. The van der Waals surface area contributed by atoms with Crippen molar-refractivity contribution < 1.29 is 0 Å². The van der Waals surface area contributed by atoms with Crippen molar-refractivity contribution in [3.05, 3.63) is 156 Å². The van der Waals surface area contributed by atoms with Crippen LogP contribution in [-0.4, -0.2) is 0 Å². The molecule has 0 unspecified atom stereocenters. The van der Waals surface area contributed by atoms with E-state index in [0.29, 0.717) is 0 Å². The van der Waals surface area contributed by atoms with Gasteiger partial charge in [-0.05, 0) is 118 Å². The molecular formula is C46H34. The molecule has 3 aliphatic carbocycles. The Labute approximate surface area is 271 Å². The van der Waals surface area contributed by atoms with Crippen LogP contribution in [0.3, 0.4) is 0 Å². The van der Waals surface area contributed by atoms with Crippen molar-refractivity contribution in [3.8, 4) is 66.8 Å². The van der Waals surface area contributed by atoms with Crippen molar-refractivity contribution in [1.29, 1.82) is 0 Å². The van der Waals surface area contributed by atoms with E-state index < -0.39 is 0 Å². The minimum absolute atomic E-state index is 0.00398. The first kappa shape index (κ1) is 26.1. The first-order valence-electron chi connectivity index (χ1n) is 16.5. The molecule has 10 rings (SSSR count). The van der Waals surface area contributed by atoms with Crippen molar-refractivity contribution in [2.45, 2.75) is 38.5 Å². The lowest BCUT2D eigenvalue weighted by Crippen LogP contribution is -2.15. The molecule has 3 aliphatic rings. The lowest BCUT2D eigenvalue weighted by molar-refractivity contribution is 0.659. The lowest BCUT2D eigenvalue weighted by atomic mass is 9.80. The summed E-state index contributed by atoms with van der Waals surface area (Å²) >= 11 is 0. The van der Waals surface area contributed by atoms with Crippen LogP contribution in [0.2, 0.25) is 0 Å². The Bertz CT molecular complexity index is 2440. The third kappa shape index (κ3) is 3.24. The number of benzene rings is 7. The van der Waals surface area contributed by atoms with Crippen LogP contribution in [0.4, 0.5) is 0 Å². The third-order valence-corrected chi connectivity index (χ3v) is 11.5. The standard InChI is InChI=1S/C46H34/c1-45(2)40-15-8-7-12-33(40)34-19-16-27(24-41(34)45)28-17-20-35-36-21-18-29(26-43(36)46(3,4)42(35)25-28)30-22-23-39-32-11-6-5-10-31(32)38-14-9-13-37(30)44(38)39/h5-26H,1-4H3. The molecule has 0 saturated heterocycles. The highest BCUT2D eigenvalue weighted by Gasteiger charge is 2.37. The quantitative estimate of drug-likeness (QED) is 0.189. The lowest BCUT2D eigenvalue weighted by Gasteiger charge is -2.23. The molecule has 0 bridgehead atoms. The van der Waals surface area contributed by atoms with E-state index >= 15 is 0 Å². The Balaban J connectivity index is 1.07. The van der Waals surface area contributed by atoms with Gasteiger partial charge in [-0.25, -0.2) is 0 Å². The molecule has 0 nitrogen and oxygen atoms in total. The highest BCUT2D eigenvalue weighted by Crippen LogP contribution is 2.54. The predicted molar refractivity (Wildman–Crippen MR) is 194 cm³/mol. The van der Waals surface area contributed by atoms with Gasteiger partial charge in [-0.2, -0.15) is 0 Å². The van der Waals surface area contributed by atoms with Crippen molar-refractivity contribution in [3.63, 3.8) is 0 Å².